The summed E-state index contributed by atoms with van der Waals surface area (Å²) in [6, 6.07) is 4.82. The average molecular weight is 216 g/mol. The maximum Gasteiger partial charge on any atom is 0.137 e. The molecule has 0 spiro atoms. The van der Waals surface area contributed by atoms with E-state index in [4.69, 9.17) is 22.1 Å². The van der Waals surface area contributed by atoms with Crippen molar-refractivity contribution in [3.05, 3.63) is 28.8 Å². The summed E-state index contributed by atoms with van der Waals surface area (Å²) in [5.74, 6) is 0.605. The molecule has 0 radical (unpaired) electrons. The summed E-state index contributed by atoms with van der Waals surface area (Å²) < 4.78 is 5.00. The van der Waals surface area contributed by atoms with E-state index >= 15 is 0 Å². The number of hydrogen-bond acceptors (Lipinski definition) is 3. The molecule has 0 aromatic heterocycles. The first kappa shape index (κ1) is 11.3. The maximum absolute atomic E-state index is 9.29. The maximum atomic E-state index is 9.29. The van der Waals surface area contributed by atoms with Gasteiger partial charge in [-0.05, 0) is 24.6 Å². The number of benzene rings is 1. The first-order chi connectivity index (χ1) is 6.56. The van der Waals surface area contributed by atoms with Gasteiger partial charge in [-0.2, -0.15) is 0 Å². The number of nitrogens with two attached hydrogens (primary N) is 1. The summed E-state index contributed by atoms with van der Waals surface area (Å²) in [7, 11) is 1.55. The standard InChI is InChI=1S/C10H14ClNO2/c1-6(13)10(12)7-3-4-9(14-2)8(11)5-7/h3-6,10,13H,12H2,1-2H3/t6-,10-/m0/s1. The van der Waals surface area contributed by atoms with Crippen molar-refractivity contribution in [1.29, 1.82) is 0 Å². The van der Waals surface area contributed by atoms with Gasteiger partial charge >= 0.3 is 0 Å². The summed E-state index contributed by atoms with van der Waals surface area (Å²) in [6.45, 7) is 1.64. The van der Waals surface area contributed by atoms with E-state index in [1.165, 1.54) is 0 Å². The minimum atomic E-state index is -0.598. The van der Waals surface area contributed by atoms with Gasteiger partial charge in [0.15, 0.2) is 0 Å². The minimum Gasteiger partial charge on any atom is -0.495 e. The van der Waals surface area contributed by atoms with Crippen LogP contribution in [0, 0.1) is 0 Å². The zero-order valence-electron chi connectivity index (χ0n) is 8.20. The second-order valence-electron chi connectivity index (χ2n) is 3.16. The van der Waals surface area contributed by atoms with Crippen molar-refractivity contribution >= 4 is 11.6 Å². The molecular formula is C10H14ClNO2. The quantitative estimate of drug-likeness (QED) is 0.808. The molecule has 0 saturated carbocycles. The molecular weight excluding hydrogens is 202 g/mol. The van der Waals surface area contributed by atoms with Gasteiger partial charge in [0.1, 0.15) is 5.75 Å². The number of aliphatic hydroxyl groups excluding tert-OH is 1. The molecule has 0 aliphatic rings. The van der Waals surface area contributed by atoms with Gasteiger partial charge in [0.2, 0.25) is 0 Å². The van der Waals surface area contributed by atoms with Gasteiger partial charge in [0, 0.05) is 0 Å². The van der Waals surface area contributed by atoms with Gasteiger partial charge < -0.3 is 15.6 Å². The van der Waals surface area contributed by atoms with Crippen LogP contribution in [0.1, 0.15) is 18.5 Å². The zero-order chi connectivity index (χ0) is 10.7. The lowest BCUT2D eigenvalue weighted by Crippen LogP contribution is -2.23. The summed E-state index contributed by atoms with van der Waals surface area (Å²) >= 11 is 5.92. The van der Waals surface area contributed by atoms with Crippen molar-refractivity contribution in [3.8, 4) is 5.75 Å². The third-order valence-corrected chi connectivity index (χ3v) is 2.38. The molecule has 3 N–H and O–H groups in total. The molecule has 14 heavy (non-hydrogen) atoms. The highest BCUT2D eigenvalue weighted by molar-refractivity contribution is 6.32. The molecule has 1 aromatic rings. The Morgan fingerprint density at radius 1 is 1.50 bits per heavy atom. The molecule has 78 valence electrons. The normalized spacial score (nSPS) is 14.9. The van der Waals surface area contributed by atoms with Crippen molar-refractivity contribution in [2.45, 2.75) is 19.1 Å². The zero-order valence-corrected chi connectivity index (χ0v) is 8.95. The van der Waals surface area contributed by atoms with E-state index < -0.39 is 12.1 Å². The SMILES string of the molecule is COc1ccc([C@@H](N)[C@H](C)O)cc1Cl. The van der Waals surface area contributed by atoms with Crippen LogP contribution in [-0.2, 0) is 0 Å². The van der Waals surface area contributed by atoms with Gasteiger partial charge in [-0.15, -0.1) is 0 Å². The van der Waals surface area contributed by atoms with Gasteiger partial charge in [0.05, 0.1) is 24.3 Å². The van der Waals surface area contributed by atoms with E-state index in [0.717, 1.165) is 5.56 Å². The highest BCUT2D eigenvalue weighted by Crippen LogP contribution is 2.27. The van der Waals surface area contributed by atoms with E-state index in [2.05, 4.69) is 0 Å². The van der Waals surface area contributed by atoms with Crippen LogP contribution in [0.15, 0.2) is 18.2 Å². The Morgan fingerprint density at radius 2 is 2.14 bits per heavy atom. The van der Waals surface area contributed by atoms with Crippen molar-refractivity contribution in [3.63, 3.8) is 0 Å². The van der Waals surface area contributed by atoms with Crippen LogP contribution in [0.2, 0.25) is 5.02 Å². The van der Waals surface area contributed by atoms with Crippen molar-refractivity contribution in [1.82, 2.24) is 0 Å². The lowest BCUT2D eigenvalue weighted by atomic mass is 10.0. The topological polar surface area (TPSA) is 55.5 Å². The van der Waals surface area contributed by atoms with Gasteiger partial charge in [-0.3, -0.25) is 0 Å². The van der Waals surface area contributed by atoms with Crippen LogP contribution < -0.4 is 10.5 Å². The first-order valence-corrected chi connectivity index (χ1v) is 4.71. The van der Waals surface area contributed by atoms with Crippen LogP contribution in [0.25, 0.3) is 0 Å². The fourth-order valence-electron chi connectivity index (χ4n) is 1.17. The fraction of sp³-hybridized carbons (Fsp3) is 0.400. The van der Waals surface area contributed by atoms with Crippen LogP contribution >= 0.6 is 11.6 Å². The number of ether oxygens (including phenoxy) is 1. The van der Waals surface area contributed by atoms with Gasteiger partial charge in [0.25, 0.3) is 0 Å². The largest absolute Gasteiger partial charge is 0.495 e. The van der Waals surface area contributed by atoms with E-state index in [-0.39, 0.29) is 0 Å². The third-order valence-electron chi connectivity index (χ3n) is 2.08. The van der Waals surface area contributed by atoms with Crippen molar-refractivity contribution in [2.75, 3.05) is 7.11 Å². The Morgan fingerprint density at radius 3 is 2.57 bits per heavy atom. The Balaban J connectivity index is 2.96. The predicted octanol–water partition coefficient (Wildman–Crippen LogP) is 1.73. The molecule has 0 heterocycles. The van der Waals surface area contributed by atoms with Gasteiger partial charge in [-0.25, -0.2) is 0 Å². The molecule has 0 amide bonds. The second kappa shape index (κ2) is 4.64. The lowest BCUT2D eigenvalue weighted by Gasteiger charge is -2.15. The molecule has 0 fully saturated rings. The summed E-state index contributed by atoms with van der Waals surface area (Å²) in [4.78, 5) is 0. The molecule has 0 aliphatic heterocycles. The summed E-state index contributed by atoms with van der Waals surface area (Å²) in [6.07, 6.45) is -0.598. The van der Waals surface area contributed by atoms with Crippen molar-refractivity contribution < 1.29 is 9.84 Å². The Bertz CT molecular complexity index is 315. The number of rotatable bonds is 3. The fourth-order valence-corrected chi connectivity index (χ4v) is 1.43. The summed E-state index contributed by atoms with van der Waals surface area (Å²) in [5, 5.41) is 9.79. The molecule has 4 heteroatoms. The number of halogens is 1. The first-order valence-electron chi connectivity index (χ1n) is 4.33. The Kier molecular flexibility index (Phi) is 3.75. The van der Waals surface area contributed by atoms with Gasteiger partial charge in [-0.1, -0.05) is 17.7 Å². The van der Waals surface area contributed by atoms with Crippen molar-refractivity contribution in [2.24, 2.45) is 5.73 Å². The molecule has 1 aromatic carbocycles. The predicted molar refractivity (Wildman–Crippen MR) is 56.6 cm³/mol. The molecule has 3 nitrogen and oxygen atoms in total. The lowest BCUT2D eigenvalue weighted by molar-refractivity contribution is 0.164. The highest BCUT2D eigenvalue weighted by atomic mass is 35.5. The Hall–Kier alpha value is -0.770. The highest BCUT2D eigenvalue weighted by Gasteiger charge is 2.13. The smallest absolute Gasteiger partial charge is 0.137 e. The Labute approximate surface area is 88.4 Å². The van der Waals surface area contributed by atoms with Crippen LogP contribution in [-0.4, -0.2) is 18.3 Å². The van der Waals surface area contributed by atoms with E-state index in [0.29, 0.717) is 10.8 Å². The molecule has 1 rings (SSSR count). The van der Waals surface area contributed by atoms with Crippen LogP contribution in [0.3, 0.4) is 0 Å². The third kappa shape index (κ3) is 2.38. The molecule has 0 unspecified atom stereocenters. The average Bonchev–Trinajstić information content (AvgIpc) is 2.16. The molecule has 0 bridgehead atoms. The summed E-state index contributed by atoms with van der Waals surface area (Å²) in [5.41, 5.74) is 6.55. The molecule has 0 saturated heterocycles. The number of hydrogen-bond donors (Lipinski definition) is 2. The van der Waals surface area contributed by atoms with E-state index in [1.807, 2.05) is 0 Å². The van der Waals surface area contributed by atoms with Crippen LogP contribution in [0.4, 0.5) is 0 Å². The van der Waals surface area contributed by atoms with Crippen LogP contribution in [0.5, 0.6) is 5.75 Å². The number of aliphatic hydroxyl groups is 1. The monoisotopic (exact) mass is 215 g/mol. The molecule has 0 aliphatic carbocycles. The second-order valence-corrected chi connectivity index (χ2v) is 3.57. The minimum absolute atomic E-state index is 0.418. The van der Waals surface area contributed by atoms with E-state index in [1.54, 1.807) is 32.2 Å². The van der Waals surface area contributed by atoms with E-state index in [9.17, 15) is 5.11 Å². The number of methoxy groups -OCH3 is 1. The molecule has 2 atom stereocenters.